The molecule has 39 heavy (non-hydrogen) atoms. The zero-order chi connectivity index (χ0) is 26.7. The Bertz CT molecular complexity index is 1650. The molecule has 1 aromatic heterocycles. The van der Waals surface area contributed by atoms with Crippen LogP contribution in [-0.4, -0.2) is 15.6 Å². The highest BCUT2D eigenvalue weighted by Gasteiger charge is 2.38. The van der Waals surface area contributed by atoms with Gasteiger partial charge in [0.25, 0.3) is 0 Å². The number of benzene rings is 4. The maximum absolute atomic E-state index is 12.5. The zero-order valence-corrected chi connectivity index (χ0v) is 21.5. The van der Waals surface area contributed by atoms with Crippen molar-refractivity contribution in [3.05, 3.63) is 162 Å². The first kappa shape index (κ1) is 24.7. The Morgan fingerprint density at radius 2 is 1.56 bits per heavy atom. The number of ether oxygens (including phenoxy) is 1. The fraction of sp³-hybridized carbons (Fsp3) is 0.114. The Morgan fingerprint density at radius 3 is 2.23 bits per heavy atom. The fourth-order valence-electron chi connectivity index (χ4n) is 5.30. The van der Waals surface area contributed by atoms with E-state index in [9.17, 15) is 9.90 Å². The number of carbonyl (C=O) groups is 1. The molecule has 0 amide bonds. The molecule has 0 saturated carbocycles. The molecule has 1 aliphatic carbocycles. The summed E-state index contributed by atoms with van der Waals surface area (Å²) in [5, 5.41) is 11.4. The smallest absolute Gasteiger partial charge is 0.337 e. The van der Waals surface area contributed by atoms with Crippen molar-refractivity contribution in [2.45, 2.75) is 24.7 Å². The summed E-state index contributed by atoms with van der Waals surface area (Å²) in [5.74, 6) is -1.01. The molecule has 4 nitrogen and oxygen atoms in total. The number of hydrogen-bond acceptors (Lipinski definition) is 2. The van der Waals surface area contributed by atoms with Crippen molar-refractivity contribution < 1.29 is 14.6 Å². The van der Waals surface area contributed by atoms with Gasteiger partial charge >= 0.3 is 5.97 Å². The molecule has 0 fully saturated rings. The summed E-state index contributed by atoms with van der Waals surface area (Å²) in [7, 11) is 0. The van der Waals surface area contributed by atoms with E-state index in [1.807, 2.05) is 60.7 Å². The standard InChI is InChI=1S/C35H29NO3/c37-34(38)33(30-14-8-3-9-15-30)39-35(21-18-28(19-22-35)27-12-6-2-7-13-27)31-17-16-29-20-23-36(32(29)24-31)25-26-10-4-1-5-11-26/h1-21,23-24,33H,22,25H2,(H,37,38). The molecule has 1 heterocycles. The van der Waals surface area contributed by atoms with Crippen LogP contribution in [0.1, 0.15) is 34.8 Å². The second-order valence-corrected chi connectivity index (χ2v) is 9.90. The van der Waals surface area contributed by atoms with Gasteiger partial charge in [0.05, 0.1) is 0 Å². The number of nitrogens with zero attached hydrogens (tertiary/aromatic N) is 1. The second-order valence-electron chi connectivity index (χ2n) is 9.90. The number of hydrogen-bond donors (Lipinski definition) is 1. The van der Waals surface area contributed by atoms with E-state index in [2.05, 4.69) is 71.4 Å². The molecule has 1 aliphatic rings. The van der Waals surface area contributed by atoms with Crippen molar-refractivity contribution in [3.63, 3.8) is 0 Å². The van der Waals surface area contributed by atoms with Gasteiger partial charge in [0, 0.05) is 24.7 Å². The van der Waals surface area contributed by atoms with E-state index in [0.29, 0.717) is 12.0 Å². The first-order valence-electron chi connectivity index (χ1n) is 13.1. The minimum atomic E-state index is -1.12. The Labute approximate surface area is 228 Å². The molecule has 0 aliphatic heterocycles. The van der Waals surface area contributed by atoms with Gasteiger partial charge in [0.15, 0.2) is 6.10 Å². The topological polar surface area (TPSA) is 51.5 Å². The summed E-state index contributed by atoms with van der Waals surface area (Å²) in [6.45, 7) is 0.747. The molecule has 192 valence electrons. The van der Waals surface area contributed by atoms with Gasteiger partial charge in [-0.15, -0.1) is 0 Å². The number of carboxylic acids is 1. The van der Waals surface area contributed by atoms with Gasteiger partial charge in [0.1, 0.15) is 5.60 Å². The number of fused-ring (bicyclic) bond motifs is 1. The first-order chi connectivity index (χ1) is 19.1. The number of rotatable bonds is 8. The normalized spacial score (nSPS) is 17.6. The van der Waals surface area contributed by atoms with Gasteiger partial charge in [0.2, 0.25) is 0 Å². The van der Waals surface area contributed by atoms with Gasteiger partial charge in [-0.3, -0.25) is 0 Å². The minimum absolute atomic E-state index is 0.509. The molecule has 0 saturated heterocycles. The van der Waals surface area contributed by atoms with Crippen molar-refractivity contribution in [2.75, 3.05) is 0 Å². The van der Waals surface area contributed by atoms with Crippen LogP contribution in [0.25, 0.3) is 16.5 Å². The number of aliphatic carboxylic acids is 1. The van der Waals surface area contributed by atoms with Gasteiger partial charge in [-0.2, -0.15) is 0 Å². The van der Waals surface area contributed by atoms with E-state index in [1.165, 1.54) is 5.56 Å². The average molecular weight is 512 g/mol. The molecule has 1 N–H and O–H groups in total. The van der Waals surface area contributed by atoms with Gasteiger partial charge in [-0.1, -0.05) is 115 Å². The van der Waals surface area contributed by atoms with E-state index in [4.69, 9.17) is 4.74 Å². The molecule has 2 atom stereocenters. The largest absolute Gasteiger partial charge is 0.479 e. The van der Waals surface area contributed by atoms with E-state index < -0.39 is 17.7 Å². The Hall–Kier alpha value is -4.67. The highest BCUT2D eigenvalue weighted by Crippen LogP contribution is 2.42. The summed E-state index contributed by atoms with van der Waals surface area (Å²) >= 11 is 0. The summed E-state index contributed by atoms with van der Waals surface area (Å²) in [4.78, 5) is 12.5. The van der Waals surface area contributed by atoms with Crippen LogP contribution < -0.4 is 0 Å². The quantitative estimate of drug-likeness (QED) is 0.232. The lowest BCUT2D eigenvalue weighted by molar-refractivity contribution is -0.161. The Balaban J connectivity index is 1.42. The van der Waals surface area contributed by atoms with Crippen LogP contribution in [0.15, 0.2) is 140 Å². The molecule has 0 spiro atoms. The van der Waals surface area contributed by atoms with Crippen LogP contribution in [-0.2, 0) is 21.7 Å². The van der Waals surface area contributed by atoms with Crippen molar-refractivity contribution in [2.24, 2.45) is 0 Å². The number of aromatic nitrogens is 1. The van der Waals surface area contributed by atoms with Gasteiger partial charge < -0.3 is 14.4 Å². The number of carboxylic acid groups (broad SMARTS) is 1. The molecule has 4 aromatic carbocycles. The summed E-state index contributed by atoms with van der Waals surface area (Å²) < 4.78 is 8.87. The molecule has 2 unspecified atom stereocenters. The Kier molecular flexibility index (Phi) is 6.70. The van der Waals surface area contributed by atoms with Crippen LogP contribution in [0.3, 0.4) is 0 Å². The molecule has 5 aromatic rings. The number of allylic oxidation sites excluding steroid dienone is 2. The van der Waals surface area contributed by atoms with E-state index in [0.717, 1.165) is 34.1 Å². The SMILES string of the molecule is O=C(O)C(OC1(c2ccc3ccn(Cc4ccccc4)c3c2)C=CC(c2ccccc2)=CC1)c1ccccc1. The van der Waals surface area contributed by atoms with Gasteiger partial charge in [-0.25, -0.2) is 4.79 Å². The maximum atomic E-state index is 12.5. The molecular weight excluding hydrogens is 482 g/mol. The summed E-state index contributed by atoms with van der Waals surface area (Å²) in [5.41, 5.74) is 5.09. The zero-order valence-electron chi connectivity index (χ0n) is 21.5. The monoisotopic (exact) mass is 511 g/mol. The third-order valence-electron chi connectivity index (χ3n) is 7.38. The van der Waals surface area contributed by atoms with Crippen molar-refractivity contribution >= 4 is 22.4 Å². The minimum Gasteiger partial charge on any atom is -0.479 e. The van der Waals surface area contributed by atoms with Crippen LogP contribution >= 0.6 is 0 Å². The third kappa shape index (κ3) is 5.07. The average Bonchev–Trinajstić information content (AvgIpc) is 3.39. The van der Waals surface area contributed by atoms with E-state index >= 15 is 0 Å². The summed E-state index contributed by atoms with van der Waals surface area (Å²) in [6, 6.07) is 38.2. The van der Waals surface area contributed by atoms with E-state index in [1.54, 1.807) is 12.1 Å². The molecular formula is C35H29NO3. The van der Waals surface area contributed by atoms with Crippen LogP contribution in [0.4, 0.5) is 0 Å². The van der Waals surface area contributed by atoms with E-state index in [-0.39, 0.29) is 0 Å². The molecule has 6 rings (SSSR count). The second kappa shape index (κ2) is 10.6. The highest BCUT2D eigenvalue weighted by molar-refractivity contribution is 5.82. The first-order valence-corrected chi connectivity index (χ1v) is 13.1. The van der Waals surface area contributed by atoms with Crippen molar-refractivity contribution in [1.29, 1.82) is 0 Å². The predicted octanol–water partition coefficient (Wildman–Crippen LogP) is 7.77. The Morgan fingerprint density at radius 1 is 0.872 bits per heavy atom. The predicted molar refractivity (Wildman–Crippen MR) is 155 cm³/mol. The lowest BCUT2D eigenvalue weighted by Gasteiger charge is -2.36. The van der Waals surface area contributed by atoms with Crippen LogP contribution in [0.2, 0.25) is 0 Å². The molecule has 4 heteroatoms. The molecule has 0 bridgehead atoms. The lowest BCUT2D eigenvalue weighted by atomic mass is 9.83. The van der Waals surface area contributed by atoms with Crippen LogP contribution in [0.5, 0.6) is 0 Å². The molecule has 0 radical (unpaired) electrons. The maximum Gasteiger partial charge on any atom is 0.337 e. The fourth-order valence-corrected chi connectivity index (χ4v) is 5.30. The lowest BCUT2D eigenvalue weighted by Crippen LogP contribution is -2.33. The summed E-state index contributed by atoms with van der Waals surface area (Å²) in [6.07, 6.45) is 7.72. The third-order valence-corrected chi connectivity index (χ3v) is 7.38. The van der Waals surface area contributed by atoms with Crippen molar-refractivity contribution in [1.82, 2.24) is 4.57 Å². The highest BCUT2D eigenvalue weighted by atomic mass is 16.5. The van der Waals surface area contributed by atoms with Gasteiger partial charge in [-0.05, 0) is 51.4 Å². The van der Waals surface area contributed by atoms with Crippen molar-refractivity contribution in [3.8, 4) is 0 Å². The van der Waals surface area contributed by atoms with Crippen LogP contribution in [0, 0.1) is 0 Å².